The number of benzene rings is 1. The Morgan fingerprint density at radius 1 is 1.28 bits per heavy atom. The van der Waals surface area contributed by atoms with E-state index in [1.165, 1.54) is 6.07 Å². The lowest BCUT2D eigenvalue weighted by molar-refractivity contribution is 0.388. The van der Waals surface area contributed by atoms with Crippen LogP contribution in [-0.2, 0) is 6.42 Å². The van der Waals surface area contributed by atoms with E-state index in [1.807, 2.05) is 13.8 Å². The molecule has 3 heteroatoms. The first-order valence-electron chi connectivity index (χ1n) is 6.79. The van der Waals surface area contributed by atoms with Gasteiger partial charge in [0, 0.05) is 11.6 Å². The summed E-state index contributed by atoms with van der Waals surface area (Å²) in [6.07, 6.45) is 3.77. The zero-order chi connectivity index (χ0) is 13.1. The average molecular weight is 253 g/mol. The lowest BCUT2D eigenvalue weighted by Crippen LogP contribution is -2.36. The molecule has 1 aromatic rings. The van der Waals surface area contributed by atoms with Gasteiger partial charge in [-0.15, -0.1) is 0 Å². The van der Waals surface area contributed by atoms with Gasteiger partial charge in [0.05, 0.1) is 0 Å². The van der Waals surface area contributed by atoms with Gasteiger partial charge in [-0.3, -0.25) is 0 Å². The maximum absolute atomic E-state index is 14.3. The molecule has 1 aliphatic heterocycles. The minimum atomic E-state index is -0.413. The van der Waals surface area contributed by atoms with Crippen LogP contribution in [-0.4, -0.2) is 12.6 Å². The summed E-state index contributed by atoms with van der Waals surface area (Å²) in [7, 11) is 0. The van der Waals surface area contributed by atoms with E-state index < -0.39 is 5.82 Å². The first-order chi connectivity index (χ1) is 8.59. The van der Waals surface area contributed by atoms with Crippen molar-refractivity contribution in [2.45, 2.75) is 51.5 Å². The van der Waals surface area contributed by atoms with Crippen molar-refractivity contribution >= 4 is 0 Å². The molecular weight excluding hydrogens is 232 g/mol. The van der Waals surface area contributed by atoms with E-state index >= 15 is 0 Å². The Morgan fingerprint density at radius 2 is 2.06 bits per heavy atom. The summed E-state index contributed by atoms with van der Waals surface area (Å²) in [5.41, 5.74) is 0.864. The van der Waals surface area contributed by atoms with Gasteiger partial charge in [-0.25, -0.2) is 8.78 Å². The predicted octanol–water partition coefficient (Wildman–Crippen LogP) is 3.77. The van der Waals surface area contributed by atoms with E-state index in [4.69, 9.17) is 0 Å². The van der Waals surface area contributed by atoms with Gasteiger partial charge < -0.3 is 5.32 Å². The molecule has 2 rings (SSSR count). The summed E-state index contributed by atoms with van der Waals surface area (Å²) in [5, 5.41) is 3.34. The number of nitrogens with one attached hydrogen (secondary N) is 1. The highest BCUT2D eigenvalue weighted by atomic mass is 19.1. The Morgan fingerprint density at radius 3 is 2.67 bits per heavy atom. The van der Waals surface area contributed by atoms with E-state index in [1.54, 1.807) is 6.07 Å². The number of piperidine rings is 1. The van der Waals surface area contributed by atoms with E-state index in [0.29, 0.717) is 12.0 Å². The molecule has 100 valence electrons. The second kappa shape index (κ2) is 5.79. The van der Waals surface area contributed by atoms with Gasteiger partial charge in [0.15, 0.2) is 0 Å². The number of hydrogen-bond donors (Lipinski definition) is 1. The highest BCUT2D eigenvalue weighted by Crippen LogP contribution is 2.25. The van der Waals surface area contributed by atoms with Crippen LogP contribution in [0.1, 0.15) is 50.2 Å². The highest BCUT2D eigenvalue weighted by Gasteiger charge is 2.20. The Kier molecular flexibility index (Phi) is 4.33. The number of rotatable bonds is 3. The van der Waals surface area contributed by atoms with Crippen LogP contribution >= 0.6 is 0 Å². The average Bonchev–Trinajstić information content (AvgIpc) is 2.35. The van der Waals surface area contributed by atoms with Crippen molar-refractivity contribution in [3.05, 3.63) is 34.9 Å². The summed E-state index contributed by atoms with van der Waals surface area (Å²) in [4.78, 5) is 0. The minimum Gasteiger partial charge on any atom is -0.314 e. The maximum Gasteiger partial charge on any atom is 0.132 e. The molecule has 0 amide bonds. The molecule has 1 fully saturated rings. The molecule has 1 atom stereocenters. The van der Waals surface area contributed by atoms with Crippen molar-refractivity contribution in [1.82, 2.24) is 5.32 Å². The molecule has 18 heavy (non-hydrogen) atoms. The van der Waals surface area contributed by atoms with Crippen LogP contribution < -0.4 is 5.32 Å². The standard InChI is InChI=1S/C15H21F2N/c1-10(2)12-6-7-14(16)13(15(12)17)9-11-5-3-4-8-18-11/h6-7,10-11,18H,3-5,8-9H2,1-2H3. The molecule has 0 radical (unpaired) electrons. The van der Waals surface area contributed by atoms with Crippen molar-refractivity contribution < 1.29 is 8.78 Å². The molecule has 1 aromatic carbocycles. The highest BCUT2D eigenvalue weighted by molar-refractivity contribution is 5.30. The molecule has 0 aromatic heterocycles. The lowest BCUT2D eigenvalue weighted by atomic mass is 9.93. The summed E-state index contributed by atoms with van der Waals surface area (Å²) < 4.78 is 28.1. The van der Waals surface area contributed by atoms with Crippen molar-refractivity contribution in [3.63, 3.8) is 0 Å². The molecule has 0 saturated carbocycles. The molecule has 1 aliphatic rings. The molecule has 0 bridgehead atoms. The van der Waals surface area contributed by atoms with Crippen LogP contribution in [0, 0.1) is 11.6 Å². The van der Waals surface area contributed by atoms with Crippen LogP contribution in [0.4, 0.5) is 8.78 Å². The van der Waals surface area contributed by atoms with Gasteiger partial charge in [0.1, 0.15) is 11.6 Å². The molecule has 0 aliphatic carbocycles. The zero-order valence-corrected chi connectivity index (χ0v) is 11.1. The molecular formula is C15H21F2N. The molecule has 1 unspecified atom stereocenters. The van der Waals surface area contributed by atoms with Crippen LogP contribution in [0.15, 0.2) is 12.1 Å². The monoisotopic (exact) mass is 253 g/mol. The Balaban J connectivity index is 2.22. The lowest BCUT2D eigenvalue weighted by Gasteiger charge is -2.24. The van der Waals surface area contributed by atoms with Crippen LogP contribution in [0.2, 0.25) is 0 Å². The third kappa shape index (κ3) is 2.89. The van der Waals surface area contributed by atoms with Gasteiger partial charge in [0.25, 0.3) is 0 Å². The van der Waals surface area contributed by atoms with Gasteiger partial charge in [0.2, 0.25) is 0 Å². The second-order valence-electron chi connectivity index (χ2n) is 5.43. The van der Waals surface area contributed by atoms with Crippen LogP contribution in [0.3, 0.4) is 0 Å². The van der Waals surface area contributed by atoms with Crippen molar-refractivity contribution in [2.24, 2.45) is 0 Å². The SMILES string of the molecule is CC(C)c1ccc(F)c(CC2CCCCN2)c1F. The fourth-order valence-electron chi connectivity index (χ4n) is 2.59. The summed E-state index contributed by atoms with van der Waals surface area (Å²) >= 11 is 0. The number of hydrogen-bond acceptors (Lipinski definition) is 1. The Bertz CT molecular complexity index is 409. The van der Waals surface area contributed by atoms with Crippen LogP contribution in [0.5, 0.6) is 0 Å². The predicted molar refractivity (Wildman–Crippen MR) is 69.8 cm³/mol. The van der Waals surface area contributed by atoms with Gasteiger partial charge >= 0.3 is 0 Å². The van der Waals surface area contributed by atoms with Gasteiger partial charge in [-0.1, -0.05) is 26.3 Å². The normalized spacial score (nSPS) is 20.4. The quantitative estimate of drug-likeness (QED) is 0.864. The molecule has 1 heterocycles. The maximum atomic E-state index is 14.3. The molecule has 0 spiro atoms. The summed E-state index contributed by atoms with van der Waals surface area (Å²) in [6.45, 7) is 4.82. The minimum absolute atomic E-state index is 0.0867. The number of halogens is 2. The summed E-state index contributed by atoms with van der Waals surface area (Å²) in [6, 6.07) is 3.18. The Hall–Kier alpha value is -0.960. The Labute approximate surface area is 108 Å². The fraction of sp³-hybridized carbons (Fsp3) is 0.600. The van der Waals surface area contributed by atoms with E-state index in [2.05, 4.69) is 5.32 Å². The van der Waals surface area contributed by atoms with Crippen LogP contribution in [0.25, 0.3) is 0 Å². The van der Waals surface area contributed by atoms with Crippen molar-refractivity contribution in [2.75, 3.05) is 6.54 Å². The molecule has 1 N–H and O–H groups in total. The van der Waals surface area contributed by atoms with Crippen molar-refractivity contribution in [1.29, 1.82) is 0 Å². The van der Waals surface area contributed by atoms with Gasteiger partial charge in [-0.05, 0) is 43.4 Å². The van der Waals surface area contributed by atoms with Crippen molar-refractivity contribution in [3.8, 4) is 0 Å². The summed E-state index contributed by atoms with van der Waals surface area (Å²) in [5.74, 6) is -0.676. The van der Waals surface area contributed by atoms with E-state index in [0.717, 1.165) is 25.8 Å². The third-order valence-corrected chi connectivity index (χ3v) is 3.70. The van der Waals surface area contributed by atoms with E-state index in [-0.39, 0.29) is 23.3 Å². The topological polar surface area (TPSA) is 12.0 Å². The first kappa shape index (κ1) is 13.5. The molecule has 1 saturated heterocycles. The molecule has 1 nitrogen and oxygen atoms in total. The first-order valence-corrected chi connectivity index (χ1v) is 6.79. The zero-order valence-electron chi connectivity index (χ0n) is 11.1. The van der Waals surface area contributed by atoms with E-state index in [9.17, 15) is 8.78 Å². The van der Waals surface area contributed by atoms with Gasteiger partial charge in [-0.2, -0.15) is 0 Å². The fourth-order valence-corrected chi connectivity index (χ4v) is 2.59. The third-order valence-electron chi connectivity index (χ3n) is 3.70. The second-order valence-corrected chi connectivity index (χ2v) is 5.43. The smallest absolute Gasteiger partial charge is 0.132 e. The largest absolute Gasteiger partial charge is 0.314 e.